The quantitative estimate of drug-likeness (QED) is 0.580. The Labute approximate surface area is 161 Å². The standard InChI is InChI=1S/C21H17N5O2/c1-28-18-4-2-17(3-5-18)26-20(15-6-10-22-11-7-15)19(14-24-26)21(27)25-16-8-12-23-13-9-16/h2-14H,1H3,(H,23,25,27). The molecule has 0 bridgehead atoms. The largest absolute Gasteiger partial charge is 0.497 e. The lowest BCUT2D eigenvalue weighted by Crippen LogP contribution is -2.13. The van der Waals surface area contributed by atoms with Crippen molar-refractivity contribution in [3.8, 4) is 22.7 Å². The average molecular weight is 371 g/mol. The molecule has 0 spiro atoms. The van der Waals surface area contributed by atoms with Crippen molar-refractivity contribution in [3.63, 3.8) is 0 Å². The number of hydrogen-bond donors (Lipinski definition) is 1. The second-order valence-corrected chi connectivity index (χ2v) is 5.94. The number of anilines is 1. The van der Waals surface area contributed by atoms with Crippen molar-refractivity contribution < 1.29 is 9.53 Å². The van der Waals surface area contributed by atoms with Crippen molar-refractivity contribution in [2.24, 2.45) is 0 Å². The maximum Gasteiger partial charge on any atom is 0.259 e. The summed E-state index contributed by atoms with van der Waals surface area (Å²) < 4.78 is 6.95. The second-order valence-electron chi connectivity index (χ2n) is 5.94. The summed E-state index contributed by atoms with van der Waals surface area (Å²) in [7, 11) is 1.62. The van der Waals surface area contributed by atoms with Crippen molar-refractivity contribution in [2.75, 3.05) is 12.4 Å². The van der Waals surface area contributed by atoms with E-state index in [1.54, 1.807) is 54.9 Å². The van der Waals surface area contributed by atoms with Gasteiger partial charge in [-0.15, -0.1) is 0 Å². The van der Waals surface area contributed by atoms with Gasteiger partial charge in [0.05, 0.1) is 30.3 Å². The van der Waals surface area contributed by atoms with E-state index in [9.17, 15) is 4.79 Å². The molecule has 0 aliphatic heterocycles. The highest BCUT2D eigenvalue weighted by atomic mass is 16.5. The highest BCUT2D eigenvalue weighted by Crippen LogP contribution is 2.27. The van der Waals surface area contributed by atoms with Crippen LogP contribution in [0.2, 0.25) is 0 Å². The minimum atomic E-state index is -0.252. The molecule has 0 fully saturated rings. The van der Waals surface area contributed by atoms with Gasteiger partial charge in [0.2, 0.25) is 0 Å². The zero-order chi connectivity index (χ0) is 19.3. The van der Waals surface area contributed by atoms with Gasteiger partial charge >= 0.3 is 0 Å². The first-order chi connectivity index (χ1) is 13.8. The number of pyridine rings is 2. The predicted octanol–water partition coefficient (Wildman–Crippen LogP) is 3.59. The lowest BCUT2D eigenvalue weighted by molar-refractivity contribution is 0.102. The molecule has 0 saturated carbocycles. The van der Waals surface area contributed by atoms with E-state index in [4.69, 9.17) is 4.74 Å². The molecule has 0 atom stereocenters. The number of nitrogens with zero attached hydrogens (tertiary/aromatic N) is 4. The molecule has 28 heavy (non-hydrogen) atoms. The lowest BCUT2D eigenvalue weighted by Gasteiger charge is -2.11. The smallest absolute Gasteiger partial charge is 0.259 e. The van der Waals surface area contributed by atoms with Gasteiger partial charge in [-0.05, 0) is 48.5 Å². The SMILES string of the molecule is COc1ccc(-n2ncc(C(=O)Nc3ccncc3)c2-c2ccncc2)cc1. The second kappa shape index (κ2) is 7.71. The molecule has 0 radical (unpaired) electrons. The first-order valence-electron chi connectivity index (χ1n) is 8.60. The summed E-state index contributed by atoms with van der Waals surface area (Å²) in [5, 5.41) is 7.35. The Balaban J connectivity index is 1.78. The van der Waals surface area contributed by atoms with Gasteiger partial charge in [0, 0.05) is 36.0 Å². The predicted molar refractivity (Wildman–Crippen MR) is 106 cm³/mol. The van der Waals surface area contributed by atoms with E-state index in [1.807, 2.05) is 36.4 Å². The topological polar surface area (TPSA) is 81.9 Å². The van der Waals surface area contributed by atoms with E-state index >= 15 is 0 Å². The molecule has 7 nitrogen and oxygen atoms in total. The molecule has 1 aromatic carbocycles. The minimum absolute atomic E-state index is 0.252. The van der Waals surface area contributed by atoms with E-state index < -0.39 is 0 Å². The molecular formula is C21H17N5O2. The molecule has 0 unspecified atom stereocenters. The van der Waals surface area contributed by atoms with Crippen LogP contribution in [0.3, 0.4) is 0 Å². The zero-order valence-corrected chi connectivity index (χ0v) is 15.1. The zero-order valence-electron chi connectivity index (χ0n) is 15.1. The van der Waals surface area contributed by atoms with Crippen LogP contribution in [0.15, 0.2) is 79.5 Å². The fourth-order valence-corrected chi connectivity index (χ4v) is 2.86. The summed E-state index contributed by atoms with van der Waals surface area (Å²) in [4.78, 5) is 21.0. The maximum atomic E-state index is 12.9. The van der Waals surface area contributed by atoms with Gasteiger partial charge in [-0.2, -0.15) is 5.10 Å². The van der Waals surface area contributed by atoms with Crippen molar-refractivity contribution in [3.05, 3.63) is 85.1 Å². The fourth-order valence-electron chi connectivity index (χ4n) is 2.86. The number of methoxy groups -OCH3 is 1. The number of rotatable bonds is 5. The Hall–Kier alpha value is -4.00. The van der Waals surface area contributed by atoms with Gasteiger partial charge in [0.25, 0.3) is 5.91 Å². The first kappa shape index (κ1) is 17.4. The third-order valence-electron chi connectivity index (χ3n) is 4.22. The number of aromatic nitrogens is 4. The molecule has 3 aromatic heterocycles. The van der Waals surface area contributed by atoms with Crippen LogP contribution in [0.5, 0.6) is 5.75 Å². The average Bonchev–Trinajstić information content (AvgIpc) is 3.20. The van der Waals surface area contributed by atoms with Crippen LogP contribution in [0.25, 0.3) is 16.9 Å². The fraction of sp³-hybridized carbons (Fsp3) is 0.0476. The summed E-state index contributed by atoms with van der Waals surface area (Å²) in [6, 6.07) is 14.6. The number of benzene rings is 1. The Morgan fingerprint density at radius 1 is 0.929 bits per heavy atom. The van der Waals surface area contributed by atoms with Crippen LogP contribution >= 0.6 is 0 Å². The van der Waals surface area contributed by atoms with Gasteiger partial charge in [-0.1, -0.05) is 0 Å². The molecular weight excluding hydrogens is 354 g/mol. The molecule has 0 aliphatic rings. The van der Waals surface area contributed by atoms with Gasteiger partial charge in [-0.3, -0.25) is 14.8 Å². The molecule has 4 rings (SSSR count). The van der Waals surface area contributed by atoms with Crippen LogP contribution in [-0.2, 0) is 0 Å². The lowest BCUT2D eigenvalue weighted by atomic mass is 10.1. The molecule has 7 heteroatoms. The van der Waals surface area contributed by atoms with Crippen molar-refractivity contribution in [2.45, 2.75) is 0 Å². The van der Waals surface area contributed by atoms with Crippen LogP contribution in [0, 0.1) is 0 Å². The summed E-state index contributed by atoms with van der Waals surface area (Å²) >= 11 is 0. The van der Waals surface area contributed by atoms with Gasteiger partial charge in [0.1, 0.15) is 5.75 Å². The Kier molecular flexibility index (Phi) is 4.79. The number of nitrogens with one attached hydrogen (secondary N) is 1. The van der Waals surface area contributed by atoms with E-state index in [0.29, 0.717) is 16.9 Å². The number of hydrogen-bond acceptors (Lipinski definition) is 5. The molecule has 1 amide bonds. The van der Waals surface area contributed by atoms with Crippen LogP contribution in [-0.4, -0.2) is 32.8 Å². The van der Waals surface area contributed by atoms with Gasteiger partial charge in [-0.25, -0.2) is 4.68 Å². The minimum Gasteiger partial charge on any atom is -0.497 e. The number of amides is 1. The summed E-state index contributed by atoms with van der Waals surface area (Å²) in [6.07, 6.45) is 8.19. The maximum absolute atomic E-state index is 12.9. The first-order valence-corrected chi connectivity index (χ1v) is 8.60. The van der Waals surface area contributed by atoms with Crippen LogP contribution in [0.4, 0.5) is 5.69 Å². The number of carbonyl (C=O) groups is 1. The molecule has 3 heterocycles. The van der Waals surface area contributed by atoms with Crippen molar-refractivity contribution in [1.29, 1.82) is 0 Å². The highest BCUT2D eigenvalue weighted by molar-refractivity contribution is 6.08. The monoisotopic (exact) mass is 371 g/mol. The highest BCUT2D eigenvalue weighted by Gasteiger charge is 2.20. The molecule has 138 valence electrons. The number of carbonyl (C=O) groups excluding carboxylic acids is 1. The summed E-state index contributed by atoms with van der Waals surface area (Å²) in [6.45, 7) is 0. The third-order valence-corrected chi connectivity index (χ3v) is 4.22. The molecule has 0 saturated heterocycles. The van der Waals surface area contributed by atoms with Crippen LogP contribution in [0.1, 0.15) is 10.4 Å². The van der Waals surface area contributed by atoms with E-state index in [0.717, 1.165) is 17.0 Å². The van der Waals surface area contributed by atoms with Gasteiger partial charge in [0.15, 0.2) is 0 Å². The molecule has 1 N–H and O–H groups in total. The van der Waals surface area contributed by atoms with E-state index in [2.05, 4.69) is 20.4 Å². The Morgan fingerprint density at radius 3 is 2.21 bits per heavy atom. The van der Waals surface area contributed by atoms with E-state index in [-0.39, 0.29) is 5.91 Å². The van der Waals surface area contributed by atoms with Crippen LogP contribution < -0.4 is 10.1 Å². The molecule has 4 aromatic rings. The Bertz CT molecular complexity index is 1080. The normalized spacial score (nSPS) is 10.5. The third kappa shape index (κ3) is 3.45. The Morgan fingerprint density at radius 2 is 1.57 bits per heavy atom. The molecule has 0 aliphatic carbocycles. The number of ether oxygens (including phenoxy) is 1. The van der Waals surface area contributed by atoms with Gasteiger partial charge < -0.3 is 10.1 Å². The van der Waals surface area contributed by atoms with Crippen molar-refractivity contribution in [1.82, 2.24) is 19.7 Å². The summed E-state index contributed by atoms with van der Waals surface area (Å²) in [5.41, 5.74) is 3.45. The summed E-state index contributed by atoms with van der Waals surface area (Å²) in [5.74, 6) is 0.495. The van der Waals surface area contributed by atoms with Crippen molar-refractivity contribution >= 4 is 11.6 Å². The van der Waals surface area contributed by atoms with E-state index in [1.165, 1.54) is 0 Å².